The van der Waals surface area contributed by atoms with Crippen LogP contribution in [-0.2, 0) is 16.0 Å². The third-order valence-electron chi connectivity index (χ3n) is 3.12. The second-order valence-electron chi connectivity index (χ2n) is 5.06. The summed E-state index contributed by atoms with van der Waals surface area (Å²) < 4.78 is 74.5. The highest BCUT2D eigenvalue weighted by molar-refractivity contribution is 7.90. The van der Waals surface area contributed by atoms with Crippen LogP contribution < -0.4 is 5.32 Å². The van der Waals surface area contributed by atoms with Gasteiger partial charge < -0.3 is 5.32 Å². The van der Waals surface area contributed by atoms with Crippen LogP contribution in [0.5, 0.6) is 0 Å². The molecule has 2 aromatic rings. The molecule has 10 heteroatoms. The molecule has 1 amide bonds. The normalized spacial score (nSPS) is 12.1. The predicted molar refractivity (Wildman–Crippen MR) is 83.9 cm³/mol. The SMILES string of the molecule is CS(=O)(=O)c1cc(C(=O)Nc2ccc(F)c(C(F)(F)F)c2)ccc1Cl. The average molecular weight is 396 g/mol. The first-order valence-electron chi connectivity index (χ1n) is 6.57. The van der Waals surface area contributed by atoms with Crippen LogP contribution in [0.15, 0.2) is 41.3 Å². The Morgan fingerprint density at radius 3 is 2.32 bits per heavy atom. The lowest BCUT2D eigenvalue weighted by Gasteiger charge is -2.11. The summed E-state index contributed by atoms with van der Waals surface area (Å²) in [7, 11) is -3.70. The minimum atomic E-state index is -4.92. The highest BCUT2D eigenvalue weighted by atomic mass is 35.5. The number of carbonyl (C=O) groups is 1. The summed E-state index contributed by atoms with van der Waals surface area (Å²) in [5.74, 6) is -2.35. The van der Waals surface area contributed by atoms with Crippen molar-refractivity contribution in [1.29, 1.82) is 0 Å². The van der Waals surface area contributed by atoms with E-state index in [9.17, 15) is 30.8 Å². The van der Waals surface area contributed by atoms with Gasteiger partial charge in [0.2, 0.25) is 0 Å². The van der Waals surface area contributed by atoms with Crippen molar-refractivity contribution in [2.45, 2.75) is 11.1 Å². The van der Waals surface area contributed by atoms with E-state index in [1.54, 1.807) is 0 Å². The number of rotatable bonds is 3. The van der Waals surface area contributed by atoms with Crippen molar-refractivity contribution >= 4 is 33.0 Å². The number of carbonyl (C=O) groups excluding carboxylic acids is 1. The summed E-state index contributed by atoms with van der Waals surface area (Å²) in [5, 5.41) is 2.06. The van der Waals surface area contributed by atoms with Crippen molar-refractivity contribution in [3.63, 3.8) is 0 Å². The fourth-order valence-corrected chi connectivity index (χ4v) is 3.25. The molecule has 0 atom stereocenters. The van der Waals surface area contributed by atoms with Crippen LogP contribution in [0.1, 0.15) is 15.9 Å². The first-order valence-corrected chi connectivity index (χ1v) is 8.84. The van der Waals surface area contributed by atoms with Crippen molar-refractivity contribution in [2.24, 2.45) is 0 Å². The van der Waals surface area contributed by atoms with Gasteiger partial charge in [-0.3, -0.25) is 4.79 Å². The van der Waals surface area contributed by atoms with Gasteiger partial charge in [0.15, 0.2) is 9.84 Å². The Morgan fingerprint density at radius 2 is 1.76 bits per heavy atom. The molecular weight excluding hydrogens is 386 g/mol. The maximum absolute atomic E-state index is 13.2. The maximum Gasteiger partial charge on any atom is 0.419 e. The molecule has 0 spiro atoms. The average Bonchev–Trinajstić information content (AvgIpc) is 2.47. The van der Waals surface area contributed by atoms with Gasteiger partial charge in [-0.15, -0.1) is 0 Å². The maximum atomic E-state index is 13.2. The van der Waals surface area contributed by atoms with Crippen molar-refractivity contribution in [3.8, 4) is 0 Å². The molecule has 0 saturated heterocycles. The molecule has 0 radical (unpaired) electrons. The molecule has 0 aliphatic heterocycles. The summed E-state index contributed by atoms with van der Waals surface area (Å²) >= 11 is 5.76. The summed E-state index contributed by atoms with van der Waals surface area (Å²) in [6.07, 6.45) is -4.03. The van der Waals surface area contributed by atoms with E-state index < -0.39 is 33.3 Å². The second-order valence-corrected chi connectivity index (χ2v) is 7.46. The van der Waals surface area contributed by atoms with Crippen LogP contribution in [0.4, 0.5) is 23.2 Å². The molecule has 134 valence electrons. The highest BCUT2D eigenvalue weighted by Crippen LogP contribution is 2.33. The lowest BCUT2D eigenvalue weighted by molar-refractivity contribution is -0.139. The van der Waals surface area contributed by atoms with Crippen LogP contribution in [-0.4, -0.2) is 20.6 Å². The van der Waals surface area contributed by atoms with E-state index in [0.717, 1.165) is 18.4 Å². The molecule has 0 unspecified atom stereocenters. The van der Waals surface area contributed by atoms with E-state index in [2.05, 4.69) is 5.32 Å². The molecule has 25 heavy (non-hydrogen) atoms. The number of amides is 1. The third-order valence-corrected chi connectivity index (χ3v) is 4.70. The third kappa shape index (κ3) is 4.49. The zero-order valence-electron chi connectivity index (χ0n) is 12.5. The van der Waals surface area contributed by atoms with Gasteiger partial charge in [0, 0.05) is 17.5 Å². The first kappa shape index (κ1) is 19.2. The van der Waals surface area contributed by atoms with Crippen molar-refractivity contribution < 1.29 is 30.8 Å². The number of nitrogens with one attached hydrogen (secondary N) is 1. The number of sulfone groups is 1. The Morgan fingerprint density at radius 1 is 1.12 bits per heavy atom. The summed E-state index contributed by atoms with van der Waals surface area (Å²) in [6.45, 7) is 0. The van der Waals surface area contributed by atoms with Crippen LogP contribution in [0.3, 0.4) is 0 Å². The topological polar surface area (TPSA) is 63.2 Å². The quantitative estimate of drug-likeness (QED) is 0.794. The van der Waals surface area contributed by atoms with E-state index in [-0.39, 0.29) is 21.2 Å². The van der Waals surface area contributed by atoms with Crippen LogP contribution in [0, 0.1) is 5.82 Å². The van der Waals surface area contributed by atoms with Crippen molar-refractivity contribution in [1.82, 2.24) is 0 Å². The van der Waals surface area contributed by atoms with Gasteiger partial charge in [0.05, 0.1) is 15.5 Å². The highest BCUT2D eigenvalue weighted by Gasteiger charge is 2.34. The second kappa shape index (κ2) is 6.64. The molecule has 0 aromatic heterocycles. The largest absolute Gasteiger partial charge is 0.419 e. The molecule has 0 heterocycles. The number of anilines is 1. The van der Waals surface area contributed by atoms with Gasteiger partial charge in [0.1, 0.15) is 5.82 Å². The van der Waals surface area contributed by atoms with Crippen LogP contribution in [0.25, 0.3) is 0 Å². The van der Waals surface area contributed by atoms with E-state index in [4.69, 9.17) is 11.6 Å². The van der Waals surface area contributed by atoms with E-state index >= 15 is 0 Å². The molecule has 1 N–H and O–H groups in total. The zero-order chi connectivity index (χ0) is 19.0. The lowest BCUT2D eigenvalue weighted by atomic mass is 10.1. The minimum absolute atomic E-state index is 0.0970. The molecule has 0 aliphatic rings. The van der Waals surface area contributed by atoms with Crippen LogP contribution in [0.2, 0.25) is 5.02 Å². The summed E-state index contributed by atoms with van der Waals surface area (Å²) in [4.78, 5) is 11.8. The molecule has 0 saturated carbocycles. The molecule has 0 aliphatic carbocycles. The van der Waals surface area contributed by atoms with E-state index in [1.165, 1.54) is 12.1 Å². The molecule has 2 aromatic carbocycles. The number of benzene rings is 2. The standard InChI is InChI=1S/C15H10ClF4NO3S/c1-25(23,24)13-6-8(2-4-11(13)16)14(22)21-9-3-5-12(17)10(7-9)15(18,19)20/h2-7H,1H3,(H,21,22). The Balaban J connectivity index is 2.35. The first-order chi connectivity index (χ1) is 11.4. The number of hydrogen-bond acceptors (Lipinski definition) is 3. The molecule has 0 fully saturated rings. The van der Waals surface area contributed by atoms with Gasteiger partial charge in [-0.05, 0) is 36.4 Å². The van der Waals surface area contributed by atoms with Gasteiger partial charge in [-0.1, -0.05) is 11.6 Å². The number of alkyl halides is 3. The molecular formula is C15H10ClF4NO3S. The van der Waals surface area contributed by atoms with Gasteiger partial charge in [0.25, 0.3) is 5.91 Å². The van der Waals surface area contributed by atoms with Gasteiger partial charge >= 0.3 is 6.18 Å². The number of hydrogen-bond donors (Lipinski definition) is 1. The fourth-order valence-electron chi connectivity index (χ4n) is 1.95. The smallest absolute Gasteiger partial charge is 0.322 e. The zero-order valence-corrected chi connectivity index (χ0v) is 14.1. The Bertz CT molecular complexity index is 942. The van der Waals surface area contributed by atoms with E-state index in [1.807, 2.05) is 0 Å². The monoisotopic (exact) mass is 395 g/mol. The van der Waals surface area contributed by atoms with Gasteiger partial charge in [-0.25, -0.2) is 12.8 Å². The predicted octanol–water partition coefficient (Wildman–Crippen LogP) is 4.15. The Labute approximate surface area is 145 Å². The van der Waals surface area contributed by atoms with Crippen LogP contribution >= 0.6 is 11.6 Å². The lowest BCUT2D eigenvalue weighted by Crippen LogP contribution is -2.15. The molecule has 2 rings (SSSR count). The number of halogens is 5. The fraction of sp³-hybridized carbons (Fsp3) is 0.133. The van der Waals surface area contributed by atoms with Gasteiger partial charge in [-0.2, -0.15) is 13.2 Å². The Kier molecular flexibility index (Phi) is 5.10. The molecule has 0 bridgehead atoms. The molecule has 4 nitrogen and oxygen atoms in total. The summed E-state index contributed by atoms with van der Waals surface area (Å²) in [5.41, 5.74) is -1.96. The summed E-state index contributed by atoms with van der Waals surface area (Å²) in [6, 6.07) is 5.36. The van der Waals surface area contributed by atoms with E-state index in [0.29, 0.717) is 12.1 Å². The van der Waals surface area contributed by atoms with Crippen molar-refractivity contribution in [2.75, 3.05) is 11.6 Å². The Hall–Kier alpha value is -2.13. The van der Waals surface area contributed by atoms with Crippen molar-refractivity contribution in [3.05, 3.63) is 58.4 Å². The minimum Gasteiger partial charge on any atom is -0.322 e.